The van der Waals surface area contributed by atoms with Gasteiger partial charge in [0.1, 0.15) is 23.1 Å². The quantitative estimate of drug-likeness (QED) is 0.307. The molecular formula is C26H22FN9O. The molecule has 0 aliphatic rings. The van der Waals surface area contributed by atoms with Gasteiger partial charge in [-0.2, -0.15) is 5.10 Å². The minimum absolute atomic E-state index is 0.262. The molecule has 1 amide bonds. The van der Waals surface area contributed by atoms with Crippen molar-refractivity contribution in [3.63, 3.8) is 0 Å². The van der Waals surface area contributed by atoms with Gasteiger partial charge in [0.15, 0.2) is 5.82 Å². The van der Waals surface area contributed by atoms with Crippen molar-refractivity contribution in [2.24, 2.45) is 0 Å². The van der Waals surface area contributed by atoms with Gasteiger partial charge in [-0.1, -0.05) is 6.07 Å². The van der Waals surface area contributed by atoms with E-state index in [0.717, 1.165) is 11.3 Å². The Kier molecular flexibility index (Phi) is 6.58. The van der Waals surface area contributed by atoms with Crippen LogP contribution in [-0.2, 0) is 6.54 Å². The molecule has 0 bridgehead atoms. The van der Waals surface area contributed by atoms with Crippen molar-refractivity contribution in [1.82, 2.24) is 40.4 Å². The van der Waals surface area contributed by atoms with Crippen LogP contribution >= 0.6 is 0 Å². The van der Waals surface area contributed by atoms with E-state index in [0.29, 0.717) is 40.0 Å². The predicted octanol–water partition coefficient (Wildman–Crippen LogP) is 4.15. The van der Waals surface area contributed by atoms with Crippen LogP contribution in [0.4, 0.5) is 16.0 Å². The van der Waals surface area contributed by atoms with Crippen LogP contribution in [0.25, 0.3) is 22.6 Å². The molecule has 0 atom stereocenters. The minimum atomic E-state index is -0.419. The van der Waals surface area contributed by atoms with E-state index in [2.05, 4.69) is 45.8 Å². The van der Waals surface area contributed by atoms with Crippen molar-refractivity contribution in [3.05, 3.63) is 95.7 Å². The molecule has 5 heterocycles. The molecule has 0 fully saturated rings. The molecular weight excluding hydrogens is 473 g/mol. The van der Waals surface area contributed by atoms with Gasteiger partial charge < -0.3 is 10.6 Å². The number of rotatable bonds is 7. The number of anilines is 2. The van der Waals surface area contributed by atoms with Crippen LogP contribution in [0.1, 0.15) is 27.4 Å². The second-order valence-electron chi connectivity index (χ2n) is 8.27. The Balaban J connectivity index is 1.23. The molecule has 5 aromatic heterocycles. The first-order valence-electron chi connectivity index (χ1n) is 11.4. The van der Waals surface area contributed by atoms with E-state index < -0.39 is 5.82 Å². The number of pyridine rings is 3. The summed E-state index contributed by atoms with van der Waals surface area (Å²) in [7, 11) is 0. The standard InChI is InChI=1S/C26H22FN9O/c1-15-9-24(34-23-7-8-32-36-23)35-25(33-15)18-4-6-22(30-13-18)26(37)31-12-17-3-5-21(29-11-17)20-10-19(27)14-28-16(20)2/h3-11,13-14H,12H2,1-2H3,(H,31,37)(H2,32,33,34,35,36). The number of carbonyl (C=O) groups is 1. The molecule has 0 unspecified atom stereocenters. The Morgan fingerprint density at radius 2 is 1.86 bits per heavy atom. The molecule has 5 rings (SSSR count). The molecule has 3 N–H and O–H groups in total. The topological polar surface area (TPSA) is 134 Å². The Labute approximate surface area is 211 Å². The number of aromatic nitrogens is 7. The maximum absolute atomic E-state index is 13.6. The predicted molar refractivity (Wildman–Crippen MR) is 135 cm³/mol. The molecule has 0 aliphatic carbocycles. The number of nitrogens with zero attached hydrogens (tertiary/aromatic N) is 6. The summed E-state index contributed by atoms with van der Waals surface area (Å²) in [4.78, 5) is 34.3. The smallest absolute Gasteiger partial charge is 0.270 e. The molecule has 0 aromatic carbocycles. The zero-order valence-electron chi connectivity index (χ0n) is 20.0. The summed E-state index contributed by atoms with van der Waals surface area (Å²) in [6.45, 7) is 3.93. The number of carbonyl (C=O) groups excluding carboxylic acids is 1. The summed E-state index contributed by atoms with van der Waals surface area (Å²) in [5, 5.41) is 12.7. The lowest BCUT2D eigenvalue weighted by Crippen LogP contribution is -2.23. The summed E-state index contributed by atoms with van der Waals surface area (Å²) in [5.74, 6) is 1.05. The molecule has 184 valence electrons. The summed E-state index contributed by atoms with van der Waals surface area (Å²) in [6, 6.07) is 12.0. The molecule has 0 saturated carbocycles. The third-order valence-electron chi connectivity index (χ3n) is 5.48. The Morgan fingerprint density at radius 1 is 0.973 bits per heavy atom. The first kappa shape index (κ1) is 23.7. The Bertz CT molecular complexity index is 1540. The van der Waals surface area contributed by atoms with E-state index in [1.165, 1.54) is 12.3 Å². The van der Waals surface area contributed by atoms with Crippen LogP contribution in [0.3, 0.4) is 0 Å². The SMILES string of the molecule is Cc1cc(Nc2ccn[nH]2)nc(-c2ccc(C(=O)NCc3ccc(-c4cc(F)cnc4C)nc3)nc2)n1. The van der Waals surface area contributed by atoms with Gasteiger partial charge in [-0.25, -0.2) is 14.4 Å². The maximum atomic E-state index is 13.6. The normalized spacial score (nSPS) is 10.8. The highest BCUT2D eigenvalue weighted by atomic mass is 19.1. The Morgan fingerprint density at radius 3 is 2.59 bits per heavy atom. The number of hydrogen-bond acceptors (Lipinski definition) is 8. The fraction of sp³-hybridized carbons (Fsp3) is 0.115. The highest BCUT2D eigenvalue weighted by Gasteiger charge is 2.11. The van der Waals surface area contributed by atoms with Gasteiger partial charge in [-0.3, -0.25) is 24.8 Å². The van der Waals surface area contributed by atoms with Gasteiger partial charge in [-0.05, 0) is 43.7 Å². The van der Waals surface area contributed by atoms with E-state index >= 15 is 0 Å². The highest BCUT2D eigenvalue weighted by molar-refractivity contribution is 5.92. The van der Waals surface area contributed by atoms with Gasteiger partial charge in [0.05, 0.1) is 18.1 Å². The van der Waals surface area contributed by atoms with E-state index in [1.54, 1.807) is 49.8 Å². The van der Waals surface area contributed by atoms with Crippen molar-refractivity contribution in [3.8, 4) is 22.6 Å². The van der Waals surface area contributed by atoms with Gasteiger partial charge in [0.2, 0.25) is 0 Å². The Hall–Kier alpha value is -5.06. The molecule has 10 nitrogen and oxygen atoms in total. The first-order valence-corrected chi connectivity index (χ1v) is 11.4. The van der Waals surface area contributed by atoms with Crippen molar-refractivity contribution in [2.45, 2.75) is 20.4 Å². The van der Waals surface area contributed by atoms with Crippen LogP contribution in [-0.4, -0.2) is 41.0 Å². The molecule has 0 saturated heterocycles. The summed E-state index contributed by atoms with van der Waals surface area (Å²) in [5.41, 5.74) is 4.43. The molecule has 0 radical (unpaired) electrons. The van der Waals surface area contributed by atoms with Gasteiger partial charge in [0.25, 0.3) is 5.91 Å². The van der Waals surface area contributed by atoms with Crippen LogP contribution in [0, 0.1) is 19.7 Å². The average Bonchev–Trinajstić information content (AvgIpc) is 3.42. The molecule has 37 heavy (non-hydrogen) atoms. The van der Waals surface area contributed by atoms with Crippen LogP contribution in [0.2, 0.25) is 0 Å². The number of nitrogens with one attached hydrogen (secondary N) is 3. The average molecular weight is 496 g/mol. The number of hydrogen-bond donors (Lipinski definition) is 3. The second kappa shape index (κ2) is 10.3. The van der Waals surface area contributed by atoms with Crippen LogP contribution in [0.5, 0.6) is 0 Å². The zero-order valence-corrected chi connectivity index (χ0v) is 20.0. The number of aryl methyl sites for hydroxylation is 2. The fourth-order valence-electron chi connectivity index (χ4n) is 3.61. The van der Waals surface area contributed by atoms with Gasteiger partial charge in [-0.15, -0.1) is 0 Å². The zero-order chi connectivity index (χ0) is 25.8. The van der Waals surface area contributed by atoms with Crippen LogP contribution in [0.15, 0.2) is 67.3 Å². The van der Waals surface area contributed by atoms with E-state index in [1.807, 2.05) is 19.1 Å². The molecule has 0 spiro atoms. The largest absolute Gasteiger partial charge is 0.347 e. The molecule has 11 heteroatoms. The lowest BCUT2D eigenvalue weighted by molar-refractivity contribution is 0.0946. The fourth-order valence-corrected chi connectivity index (χ4v) is 3.61. The van der Waals surface area contributed by atoms with Crippen LogP contribution < -0.4 is 10.6 Å². The van der Waals surface area contributed by atoms with Gasteiger partial charge in [0, 0.05) is 53.6 Å². The minimum Gasteiger partial charge on any atom is -0.347 e. The van der Waals surface area contributed by atoms with E-state index in [9.17, 15) is 9.18 Å². The number of aromatic amines is 1. The van der Waals surface area contributed by atoms with E-state index in [4.69, 9.17) is 0 Å². The third kappa shape index (κ3) is 5.61. The molecule has 0 aliphatic heterocycles. The number of H-pyrrole nitrogens is 1. The van der Waals surface area contributed by atoms with Crippen molar-refractivity contribution < 1.29 is 9.18 Å². The summed E-state index contributed by atoms with van der Waals surface area (Å²) >= 11 is 0. The second-order valence-corrected chi connectivity index (χ2v) is 8.27. The van der Waals surface area contributed by atoms with Crippen molar-refractivity contribution in [2.75, 3.05) is 5.32 Å². The van der Waals surface area contributed by atoms with Gasteiger partial charge >= 0.3 is 0 Å². The van der Waals surface area contributed by atoms with Crippen molar-refractivity contribution in [1.29, 1.82) is 0 Å². The third-order valence-corrected chi connectivity index (χ3v) is 5.48. The van der Waals surface area contributed by atoms with Crippen molar-refractivity contribution >= 4 is 17.5 Å². The number of amides is 1. The molecule has 5 aromatic rings. The van der Waals surface area contributed by atoms with E-state index in [-0.39, 0.29) is 18.1 Å². The summed E-state index contributed by atoms with van der Waals surface area (Å²) in [6.07, 6.45) is 6.02. The lowest BCUT2D eigenvalue weighted by Gasteiger charge is -2.09. The summed E-state index contributed by atoms with van der Waals surface area (Å²) < 4.78 is 13.6. The monoisotopic (exact) mass is 495 g/mol. The highest BCUT2D eigenvalue weighted by Crippen LogP contribution is 2.21. The first-order chi connectivity index (χ1) is 17.9. The lowest BCUT2D eigenvalue weighted by atomic mass is 10.1. The number of halogens is 1. The maximum Gasteiger partial charge on any atom is 0.270 e.